The Morgan fingerprint density at radius 2 is 1.03 bits per heavy atom. The number of piperazine rings is 2. The first-order chi connectivity index (χ1) is 14.2. The average molecular weight is 413 g/mol. The second kappa shape index (κ2) is 9.84. The predicted octanol–water partition coefficient (Wildman–Crippen LogP) is 3.98. The third-order valence-electron chi connectivity index (χ3n) is 6.28. The van der Waals surface area contributed by atoms with Crippen LogP contribution in [0.1, 0.15) is 12.0 Å². The fourth-order valence-corrected chi connectivity index (χ4v) is 4.51. The van der Waals surface area contributed by atoms with E-state index in [1.807, 2.05) is 12.1 Å². The highest BCUT2D eigenvalue weighted by Crippen LogP contribution is 2.20. The maximum absolute atomic E-state index is 6.01. The van der Waals surface area contributed by atoms with Crippen LogP contribution in [0.2, 0.25) is 5.02 Å². The van der Waals surface area contributed by atoms with Gasteiger partial charge in [0.2, 0.25) is 0 Å². The lowest BCUT2D eigenvalue weighted by atomic mass is 10.2. The summed E-state index contributed by atoms with van der Waals surface area (Å²) in [5.41, 5.74) is 4.00. The zero-order chi connectivity index (χ0) is 20.1. The molecule has 2 heterocycles. The van der Waals surface area contributed by atoms with Crippen LogP contribution in [0.5, 0.6) is 0 Å². The summed E-state index contributed by atoms with van der Waals surface area (Å²) in [6.45, 7) is 13.8. The lowest BCUT2D eigenvalue weighted by Gasteiger charge is -2.38. The lowest BCUT2D eigenvalue weighted by Crippen LogP contribution is -2.48. The third kappa shape index (κ3) is 5.65. The SMILES string of the molecule is Cc1ccc(N2CCN(CCCN3CCN(c4ccc(Cl)cc4)CC3)CC2)cc1. The summed E-state index contributed by atoms with van der Waals surface area (Å²) in [5.74, 6) is 0. The van der Waals surface area contributed by atoms with E-state index in [0.29, 0.717) is 0 Å². The van der Waals surface area contributed by atoms with E-state index in [1.54, 1.807) is 0 Å². The smallest absolute Gasteiger partial charge is 0.0407 e. The molecule has 5 heteroatoms. The van der Waals surface area contributed by atoms with Gasteiger partial charge in [-0.3, -0.25) is 9.80 Å². The van der Waals surface area contributed by atoms with Crippen molar-refractivity contribution >= 4 is 23.0 Å². The molecule has 0 bridgehead atoms. The highest BCUT2D eigenvalue weighted by molar-refractivity contribution is 6.30. The Hall–Kier alpha value is -1.75. The van der Waals surface area contributed by atoms with Crippen molar-refractivity contribution in [2.45, 2.75) is 13.3 Å². The van der Waals surface area contributed by atoms with E-state index in [9.17, 15) is 0 Å². The number of hydrogen-bond donors (Lipinski definition) is 0. The highest BCUT2D eigenvalue weighted by Gasteiger charge is 2.19. The van der Waals surface area contributed by atoms with Crippen molar-refractivity contribution in [1.29, 1.82) is 0 Å². The first kappa shape index (κ1) is 20.5. The van der Waals surface area contributed by atoms with E-state index in [0.717, 1.165) is 44.3 Å². The number of aryl methyl sites for hydroxylation is 1. The number of nitrogens with zero attached hydrogens (tertiary/aromatic N) is 4. The molecular weight excluding hydrogens is 380 g/mol. The Morgan fingerprint density at radius 3 is 1.48 bits per heavy atom. The number of hydrogen-bond acceptors (Lipinski definition) is 4. The van der Waals surface area contributed by atoms with Crippen LogP contribution in [0, 0.1) is 6.92 Å². The van der Waals surface area contributed by atoms with E-state index < -0.39 is 0 Å². The van der Waals surface area contributed by atoms with Gasteiger partial charge < -0.3 is 9.80 Å². The molecule has 4 rings (SSSR count). The molecule has 156 valence electrons. The van der Waals surface area contributed by atoms with Gasteiger partial charge in [-0.05, 0) is 62.8 Å². The quantitative estimate of drug-likeness (QED) is 0.711. The first-order valence-corrected chi connectivity index (χ1v) is 11.3. The average Bonchev–Trinajstić information content (AvgIpc) is 2.76. The Morgan fingerprint density at radius 1 is 0.621 bits per heavy atom. The monoisotopic (exact) mass is 412 g/mol. The van der Waals surface area contributed by atoms with Gasteiger partial charge in [-0.1, -0.05) is 29.3 Å². The van der Waals surface area contributed by atoms with Gasteiger partial charge in [-0.15, -0.1) is 0 Å². The Labute approximate surface area is 180 Å². The fourth-order valence-electron chi connectivity index (χ4n) is 4.38. The van der Waals surface area contributed by atoms with Crippen LogP contribution in [0.4, 0.5) is 11.4 Å². The minimum Gasteiger partial charge on any atom is -0.369 e. The van der Waals surface area contributed by atoms with E-state index in [1.165, 1.54) is 49.5 Å². The molecule has 0 atom stereocenters. The molecule has 2 saturated heterocycles. The topological polar surface area (TPSA) is 13.0 Å². The zero-order valence-corrected chi connectivity index (χ0v) is 18.3. The second-order valence-corrected chi connectivity index (χ2v) is 8.76. The normalized spacial score (nSPS) is 19.0. The largest absolute Gasteiger partial charge is 0.369 e. The fraction of sp³-hybridized carbons (Fsp3) is 0.500. The molecule has 2 aliphatic heterocycles. The summed E-state index contributed by atoms with van der Waals surface area (Å²) < 4.78 is 0. The molecule has 0 spiro atoms. The first-order valence-electron chi connectivity index (χ1n) is 10.9. The van der Waals surface area contributed by atoms with Gasteiger partial charge in [0, 0.05) is 68.8 Å². The molecule has 29 heavy (non-hydrogen) atoms. The molecule has 0 radical (unpaired) electrons. The van der Waals surface area contributed by atoms with Crippen molar-refractivity contribution in [3.63, 3.8) is 0 Å². The van der Waals surface area contributed by atoms with E-state index >= 15 is 0 Å². The van der Waals surface area contributed by atoms with Crippen molar-refractivity contribution in [2.24, 2.45) is 0 Å². The van der Waals surface area contributed by atoms with Crippen LogP contribution in [0.25, 0.3) is 0 Å². The van der Waals surface area contributed by atoms with Crippen molar-refractivity contribution in [3.05, 3.63) is 59.1 Å². The van der Waals surface area contributed by atoms with Crippen LogP contribution in [0.15, 0.2) is 48.5 Å². The number of halogens is 1. The van der Waals surface area contributed by atoms with Crippen LogP contribution in [-0.4, -0.2) is 75.2 Å². The van der Waals surface area contributed by atoms with E-state index in [4.69, 9.17) is 11.6 Å². The summed E-state index contributed by atoms with van der Waals surface area (Å²) in [6, 6.07) is 17.2. The second-order valence-electron chi connectivity index (χ2n) is 8.32. The van der Waals surface area contributed by atoms with Crippen LogP contribution >= 0.6 is 11.6 Å². The predicted molar refractivity (Wildman–Crippen MR) is 125 cm³/mol. The van der Waals surface area contributed by atoms with Crippen molar-refractivity contribution in [3.8, 4) is 0 Å². The van der Waals surface area contributed by atoms with Gasteiger partial charge in [-0.2, -0.15) is 0 Å². The summed E-state index contributed by atoms with van der Waals surface area (Å²) in [6.07, 6.45) is 1.27. The van der Waals surface area contributed by atoms with Crippen LogP contribution in [0.3, 0.4) is 0 Å². The van der Waals surface area contributed by atoms with Gasteiger partial charge in [0.15, 0.2) is 0 Å². The zero-order valence-electron chi connectivity index (χ0n) is 17.6. The van der Waals surface area contributed by atoms with Crippen molar-refractivity contribution < 1.29 is 0 Å². The standard InChI is InChI=1S/C24H33ClN4/c1-21-3-7-23(8-4-21)28-17-13-26(14-18-28)11-2-12-27-15-19-29(20-16-27)24-9-5-22(25)6-10-24/h3-10H,2,11-20H2,1H3. The molecule has 2 fully saturated rings. The van der Waals surface area contributed by atoms with Crippen molar-refractivity contribution in [1.82, 2.24) is 9.80 Å². The molecule has 0 N–H and O–H groups in total. The Bertz CT molecular complexity index is 680. The molecule has 2 aromatic rings. The molecule has 0 aliphatic carbocycles. The van der Waals surface area contributed by atoms with Gasteiger partial charge in [0.05, 0.1) is 0 Å². The summed E-state index contributed by atoms with van der Waals surface area (Å²) in [7, 11) is 0. The summed E-state index contributed by atoms with van der Waals surface area (Å²) in [4.78, 5) is 10.2. The Kier molecular flexibility index (Phi) is 6.96. The molecule has 0 saturated carbocycles. The summed E-state index contributed by atoms with van der Waals surface area (Å²) >= 11 is 6.01. The van der Waals surface area contributed by atoms with Gasteiger partial charge in [0.25, 0.3) is 0 Å². The molecule has 0 unspecified atom stereocenters. The molecule has 4 nitrogen and oxygen atoms in total. The highest BCUT2D eigenvalue weighted by atomic mass is 35.5. The number of anilines is 2. The maximum atomic E-state index is 6.01. The van der Waals surface area contributed by atoms with E-state index in [-0.39, 0.29) is 0 Å². The molecule has 0 aromatic heterocycles. The maximum Gasteiger partial charge on any atom is 0.0407 e. The molecule has 0 amide bonds. The molecule has 2 aliphatic rings. The minimum absolute atomic E-state index is 0.812. The van der Waals surface area contributed by atoms with Crippen LogP contribution in [-0.2, 0) is 0 Å². The van der Waals surface area contributed by atoms with Gasteiger partial charge in [-0.25, -0.2) is 0 Å². The molecular formula is C24H33ClN4. The minimum atomic E-state index is 0.812. The number of benzene rings is 2. The van der Waals surface area contributed by atoms with Gasteiger partial charge >= 0.3 is 0 Å². The van der Waals surface area contributed by atoms with Crippen molar-refractivity contribution in [2.75, 3.05) is 75.2 Å². The number of rotatable bonds is 6. The Balaban J connectivity index is 1.13. The van der Waals surface area contributed by atoms with E-state index in [2.05, 4.69) is 62.9 Å². The lowest BCUT2D eigenvalue weighted by molar-refractivity contribution is 0.213. The molecule has 2 aromatic carbocycles. The van der Waals surface area contributed by atoms with Gasteiger partial charge in [0.1, 0.15) is 0 Å². The van der Waals surface area contributed by atoms with Crippen LogP contribution < -0.4 is 9.80 Å². The summed E-state index contributed by atoms with van der Waals surface area (Å²) in [5, 5.41) is 0.812. The third-order valence-corrected chi connectivity index (χ3v) is 6.54.